The van der Waals surface area contributed by atoms with Crippen molar-refractivity contribution in [3.63, 3.8) is 0 Å². The minimum absolute atomic E-state index is 0.139. The Hall–Kier alpha value is -2.33. The van der Waals surface area contributed by atoms with Crippen molar-refractivity contribution in [2.75, 3.05) is 10.4 Å². The zero-order valence-corrected chi connectivity index (χ0v) is 15.8. The van der Waals surface area contributed by atoms with Crippen LogP contribution in [-0.2, 0) is 10.0 Å². The van der Waals surface area contributed by atoms with Gasteiger partial charge in [0.1, 0.15) is 11.6 Å². The Balaban J connectivity index is 2.30. The molecular weight excluding hydrogens is 444 g/mol. The Morgan fingerprint density at radius 3 is 2.89 bits per heavy atom. The molecule has 0 saturated heterocycles. The average molecular weight is 465 g/mol. The van der Waals surface area contributed by atoms with Gasteiger partial charge >= 0.3 is 0 Å². The van der Waals surface area contributed by atoms with Crippen LogP contribution in [0.1, 0.15) is 38.9 Å². The molecule has 10 heteroatoms. The largest absolute Gasteiger partial charge is 0.345 e. The maximum Gasteiger partial charge on any atom is 0.232 e. The van der Waals surface area contributed by atoms with Crippen molar-refractivity contribution in [3.8, 4) is 11.4 Å². The molecule has 0 bridgehead atoms. The molecule has 2 heterocycles. The molecule has 2 aliphatic rings. The topological polar surface area (TPSA) is 91.9 Å². The smallest absolute Gasteiger partial charge is 0.232 e. The number of nitrogens with one attached hydrogen (secondary N) is 2. The summed E-state index contributed by atoms with van der Waals surface area (Å²) in [6.45, 7) is 1.19. The van der Waals surface area contributed by atoms with E-state index in [0.29, 0.717) is 0 Å². The molecule has 0 aromatic heterocycles. The summed E-state index contributed by atoms with van der Waals surface area (Å²) in [5, 5.41) is 0. The van der Waals surface area contributed by atoms with Gasteiger partial charge < -0.3 is 4.98 Å². The van der Waals surface area contributed by atoms with Gasteiger partial charge in [0.15, 0.2) is 5.82 Å². The fraction of sp³-hybridized carbons (Fsp3) is 0.176. The van der Waals surface area contributed by atoms with E-state index in [1.807, 2.05) is 0 Å². The van der Waals surface area contributed by atoms with Crippen molar-refractivity contribution >= 4 is 37.4 Å². The van der Waals surface area contributed by atoms with Crippen LogP contribution >= 0.6 is 15.9 Å². The van der Waals surface area contributed by atoms with Gasteiger partial charge in [0, 0.05) is 25.1 Å². The highest BCUT2D eigenvalue weighted by atomic mass is 79.9. The SMILES string of the molecule is [2H]c1nc2[nH]c([2H])c(Br)c([2H])c-2c1C(=O)c1c(F)c([2H])c([2H])c(NS(=O)(=O)C([2H])([2H])CC)c1F. The van der Waals surface area contributed by atoms with E-state index >= 15 is 4.39 Å². The second-order valence-electron chi connectivity index (χ2n) is 5.07. The van der Waals surface area contributed by atoms with E-state index in [1.165, 1.54) is 11.6 Å². The van der Waals surface area contributed by atoms with E-state index in [-0.39, 0.29) is 22.0 Å². The first-order chi connectivity index (χ1) is 15.6. The Morgan fingerprint density at radius 2 is 2.19 bits per heavy atom. The molecule has 27 heavy (non-hydrogen) atoms. The van der Waals surface area contributed by atoms with Crippen molar-refractivity contribution in [1.82, 2.24) is 9.97 Å². The second kappa shape index (κ2) is 7.35. The number of fused-ring (bicyclic) bond motifs is 1. The molecular formula is C17H14BrF2N3O3S. The standard InChI is InChI=1S/C17H14BrF2N3O3S/c1-2-5-27(25,26)23-13-4-3-12(19)14(15(13)20)16(24)11-8-22-17-10(11)6-9(18)7-21-17/h3-4,6-8,23H,2,5H2,1H3,(H,21,22)/i3D,4D,5D2,6D,7D,8D. The average Bonchev–Trinajstić information content (AvgIpc) is 3.09. The molecule has 0 atom stereocenters. The van der Waals surface area contributed by atoms with Crippen LogP contribution in [0.5, 0.6) is 0 Å². The minimum Gasteiger partial charge on any atom is -0.345 e. The number of carbonyl (C=O) groups is 1. The number of benzene rings is 1. The second-order valence-corrected chi connectivity index (χ2v) is 7.36. The first-order valence-electron chi connectivity index (χ1n) is 10.8. The van der Waals surface area contributed by atoms with Crippen LogP contribution in [0.4, 0.5) is 14.5 Å². The van der Waals surface area contributed by atoms with Crippen molar-refractivity contribution < 1.29 is 31.6 Å². The van der Waals surface area contributed by atoms with Crippen LogP contribution in [-0.4, -0.2) is 29.9 Å². The summed E-state index contributed by atoms with van der Waals surface area (Å²) in [6, 6.07) is -3.13. The maximum absolute atomic E-state index is 15.3. The molecule has 3 rings (SSSR count). The summed E-state index contributed by atoms with van der Waals surface area (Å²) in [7, 11) is -5.00. The van der Waals surface area contributed by atoms with Crippen LogP contribution in [0.2, 0.25) is 0 Å². The molecule has 142 valence electrons. The van der Waals surface area contributed by atoms with E-state index in [1.54, 1.807) is 0 Å². The summed E-state index contributed by atoms with van der Waals surface area (Å²) in [4.78, 5) is 19.3. The van der Waals surface area contributed by atoms with Crippen LogP contribution in [0.15, 0.2) is 34.9 Å². The lowest BCUT2D eigenvalue weighted by Crippen LogP contribution is -2.18. The highest BCUT2D eigenvalue weighted by Crippen LogP contribution is 2.31. The van der Waals surface area contributed by atoms with Gasteiger partial charge in [-0.2, -0.15) is 0 Å². The summed E-state index contributed by atoms with van der Waals surface area (Å²) in [5.41, 5.74) is -6.87. The summed E-state index contributed by atoms with van der Waals surface area (Å²) < 4.78 is 111. The minimum atomic E-state index is -5.00. The third-order valence-corrected chi connectivity index (χ3v) is 4.81. The van der Waals surface area contributed by atoms with Crippen molar-refractivity contribution in [2.45, 2.75) is 13.3 Å². The number of nitrogens with zero attached hydrogens (tertiary/aromatic N) is 1. The molecule has 0 spiro atoms. The van der Waals surface area contributed by atoms with E-state index < -0.39 is 80.7 Å². The highest BCUT2D eigenvalue weighted by Gasteiger charge is 2.27. The maximum atomic E-state index is 15.3. The molecule has 0 saturated carbocycles. The van der Waals surface area contributed by atoms with Crippen LogP contribution < -0.4 is 4.72 Å². The molecule has 2 aliphatic heterocycles. The first-order valence-corrected chi connectivity index (χ1v) is 9.55. The number of aromatic amines is 1. The van der Waals surface area contributed by atoms with Crippen molar-refractivity contribution in [3.05, 3.63) is 57.7 Å². The van der Waals surface area contributed by atoms with Crippen LogP contribution in [0.3, 0.4) is 0 Å². The number of sulfonamides is 1. The zero-order valence-electron chi connectivity index (χ0n) is 20.4. The number of ketones is 1. The molecule has 0 fully saturated rings. The number of rotatable bonds is 6. The molecule has 2 N–H and O–H groups in total. The number of hydrogen-bond donors (Lipinski definition) is 2. The van der Waals surface area contributed by atoms with Crippen LogP contribution in [0, 0.1) is 11.6 Å². The monoisotopic (exact) mass is 464 g/mol. The van der Waals surface area contributed by atoms with Gasteiger partial charge in [-0.25, -0.2) is 22.2 Å². The molecule has 0 aliphatic carbocycles. The molecule has 0 radical (unpaired) electrons. The predicted octanol–water partition coefficient (Wildman–Crippen LogP) is 3.94. The van der Waals surface area contributed by atoms with Gasteiger partial charge in [0.25, 0.3) is 0 Å². The van der Waals surface area contributed by atoms with Crippen molar-refractivity contribution in [2.24, 2.45) is 0 Å². The number of aromatic nitrogens is 2. The van der Waals surface area contributed by atoms with Gasteiger partial charge in [-0.3, -0.25) is 9.52 Å². The Kier molecular flexibility index (Phi) is 3.32. The quantitative estimate of drug-likeness (QED) is 0.540. The Morgan fingerprint density at radius 1 is 1.44 bits per heavy atom. The van der Waals surface area contributed by atoms with Gasteiger partial charge in [-0.15, -0.1) is 0 Å². The summed E-state index contributed by atoms with van der Waals surface area (Å²) in [6.07, 6.45) is -1.70. The van der Waals surface area contributed by atoms with Gasteiger partial charge in [-0.05, 0) is 40.5 Å². The fourth-order valence-electron chi connectivity index (χ4n) is 2.18. The number of halogens is 3. The molecule has 0 amide bonds. The molecule has 1 aromatic rings. The highest BCUT2D eigenvalue weighted by molar-refractivity contribution is 9.10. The third-order valence-electron chi connectivity index (χ3n) is 3.27. The number of hydrogen-bond acceptors (Lipinski definition) is 4. The Labute approximate surface area is 172 Å². The summed E-state index contributed by atoms with van der Waals surface area (Å²) in [5.74, 6) is -5.57. The number of H-pyrrole nitrogens is 1. The molecule has 1 aromatic carbocycles. The number of pyridine rings is 1. The lowest BCUT2D eigenvalue weighted by atomic mass is 10.00. The molecule has 0 unspecified atom stereocenters. The van der Waals surface area contributed by atoms with E-state index in [0.717, 1.165) is 0 Å². The number of carbonyl (C=O) groups excluding carboxylic acids is 1. The zero-order chi connectivity index (χ0) is 25.9. The lowest BCUT2D eigenvalue weighted by molar-refractivity contribution is 0.103. The molecule has 6 nitrogen and oxygen atoms in total. The predicted molar refractivity (Wildman–Crippen MR) is 100 cm³/mol. The number of anilines is 1. The lowest BCUT2D eigenvalue weighted by Gasteiger charge is -2.11. The van der Waals surface area contributed by atoms with Gasteiger partial charge in [0.2, 0.25) is 15.8 Å². The van der Waals surface area contributed by atoms with E-state index in [4.69, 9.17) is 9.60 Å². The van der Waals surface area contributed by atoms with E-state index in [9.17, 15) is 17.6 Å². The van der Waals surface area contributed by atoms with E-state index in [2.05, 4.69) is 25.9 Å². The Bertz CT molecular complexity index is 1430. The normalized spacial score (nSPS) is 15.9. The van der Waals surface area contributed by atoms with Gasteiger partial charge in [0.05, 0.1) is 29.4 Å². The fourth-order valence-corrected chi connectivity index (χ4v) is 3.34. The summed E-state index contributed by atoms with van der Waals surface area (Å²) >= 11 is 2.95. The first kappa shape index (κ1) is 12.2. The van der Waals surface area contributed by atoms with Gasteiger partial charge in [-0.1, -0.05) is 6.92 Å². The van der Waals surface area contributed by atoms with Crippen LogP contribution in [0.25, 0.3) is 11.4 Å². The third kappa shape index (κ3) is 3.86. The van der Waals surface area contributed by atoms with Crippen molar-refractivity contribution in [1.29, 1.82) is 0 Å².